The van der Waals surface area contributed by atoms with Crippen LogP contribution in [0.5, 0.6) is 0 Å². The van der Waals surface area contributed by atoms with Crippen molar-refractivity contribution >= 4 is 23.4 Å². The van der Waals surface area contributed by atoms with Gasteiger partial charge in [-0.05, 0) is 54.1 Å². The van der Waals surface area contributed by atoms with Gasteiger partial charge in [-0.3, -0.25) is 14.7 Å². The number of anilines is 1. The van der Waals surface area contributed by atoms with Crippen molar-refractivity contribution in [1.29, 1.82) is 0 Å². The molecule has 3 aromatic heterocycles. The monoisotopic (exact) mass is 543 g/mol. The fourth-order valence-electron chi connectivity index (χ4n) is 4.83. The summed E-state index contributed by atoms with van der Waals surface area (Å²) < 4.78 is 7.83. The number of amides is 1. The van der Waals surface area contributed by atoms with E-state index >= 15 is 0 Å². The van der Waals surface area contributed by atoms with Crippen LogP contribution in [0.2, 0.25) is 5.02 Å². The number of rotatable bonds is 5. The number of halogens is 1. The lowest BCUT2D eigenvalue weighted by molar-refractivity contribution is 0.187. The molecule has 0 fully saturated rings. The molecular weight excluding hydrogens is 522 g/mol. The van der Waals surface area contributed by atoms with E-state index in [1.165, 1.54) is 24.2 Å². The second-order valence-corrected chi connectivity index (χ2v) is 9.46. The van der Waals surface area contributed by atoms with E-state index in [-0.39, 0.29) is 11.6 Å². The first-order chi connectivity index (χ1) is 18.9. The highest BCUT2D eigenvalue weighted by Crippen LogP contribution is 2.33. The molecule has 0 saturated carbocycles. The molecule has 0 aliphatic carbocycles. The SMILES string of the molecule is COC(=O)Nc1ccc(-c2nc([C@@H]3CCc4nc(-c5cc(Cl)ccc5-n5cnnn5)cc(=O)n43)[nH]c2C)cc1. The summed E-state index contributed by atoms with van der Waals surface area (Å²) in [4.78, 5) is 37.9. The van der Waals surface area contributed by atoms with E-state index in [1.54, 1.807) is 34.9 Å². The highest BCUT2D eigenvalue weighted by molar-refractivity contribution is 6.31. The molecule has 4 heterocycles. The molecule has 0 spiro atoms. The average molecular weight is 544 g/mol. The number of hydrogen-bond acceptors (Lipinski definition) is 8. The molecule has 2 aromatic carbocycles. The van der Waals surface area contributed by atoms with E-state index < -0.39 is 6.09 Å². The van der Waals surface area contributed by atoms with Gasteiger partial charge < -0.3 is 9.72 Å². The standard InChI is InChI=1S/C26H22ClN9O3/c1-14-24(15-3-6-17(7-4-15)30-26(38)39-2)32-25(29-14)21-9-10-22-31-19(12-23(37)36(21)22)18-11-16(27)5-8-20(18)35-13-28-33-34-35/h3-8,11-13,21H,9-10H2,1-2H3,(H,29,32)(H,30,38)/t21-/m0/s1. The second kappa shape index (κ2) is 9.80. The van der Waals surface area contributed by atoms with Crippen LogP contribution in [0, 0.1) is 6.92 Å². The summed E-state index contributed by atoms with van der Waals surface area (Å²) in [5, 5.41) is 14.5. The van der Waals surface area contributed by atoms with Crippen LogP contribution in [0.25, 0.3) is 28.2 Å². The number of benzene rings is 2. The van der Waals surface area contributed by atoms with Gasteiger partial charge in [-0.2, -0.15) is 4.68 Å². The smallest absolute Gasteiger partial charge is 0.411 e. The van der Waals surface area contributed by atoms with Gasteiger partial charge in [0.05, 0.1) is 30.2 Å². The molecule has 1 amide bonds. The Bertz CT molecular complexity index is 1740. The van der Waals surface area contributed by atoms with E-state index in [4.69, 9.17) is 21.6 Å². The molecule has 39 heavy (non-hydrogen) atoms. The Hall–Kier alpha value is -4.84. The molecule has 1 atom stereocenters. The number of tetrazole rings is 1. The van der Waals surface area contributed by atoms with Crippen molar-refractivity contribution in [2.75, 3.05) is 12.4 Å². The highest BCUT2D eigenvalue weighted by atomic mass is 35.5. The Balaban J connectivity index is 1.33. The van der Waals surface area contributed by atoms with Crippen LogP contribution in [0.3, 0.4) is 0 Å². The maximum absolute atomic E-state index is 13.4. The summed E-state index contributed by atoms with van der Waals surface area (Å²) in [5.41, 5.74) is 4.75. The van der Waals surface area contributed by atoms with Gasteiger partial charge in [0.25, 0.3) is 5.56 Å². The average Bonchev–Trinajstić information content (AvgIpc) is 3.69. The predicted octanol–water partition coefficient (Wildman–Crippen LogP) is 3.95. The van der Waals surface area contributed by atoms with Crippen molar-refractivity contribution in [3.63, 3.8) is 0 Å². The number of ether oxygens (including phenoxy) is 1. The molecule has 5 aromatic rings. The van der Waals surface area contributed by atoms with Crippen LogP contribution in [-0.2, 0) is 11.2 Å². The van der Waals surface area contributed by atoms with Crippen LogP contribution >= 0.6 is 11.6 Å². The number of carbonyl (C=O) groups is 1. The van der Waals surface area contributed by atoms with Crippen molar-refractivity contribution in [3.05, 3.63) is 87.6 Å². The molecule has 0 radical (unpaired) electrons. The zero-order chi connectivity index (χ0) is 27.1. The molecule has 6 rings (SSSR count). The van der Waals surface area contributed by atoms with Crippen LogP contribution < -0.4 is 10.9 Å². The van der Waals surface area contributed by atoms with Crippen LogP contribution in [0.15, 0.2) is 59.7 Å². The Kier molecular flexibility index (Phi) is 6.15. The van der Waals surface area contributed by atoms with E-state index in [2.05, 4.69) is 30.6 Å². The van der Waals surface area contributed by atoms with Gasteiger partial charge in [0.1, 0.15) is 18.0 Å². The van der Waals surface area contributed by atoms with Gasteiger partial charge in [-0.1, -0.05) is 23.7 Å². The first-order valence-electron chi connectivity index (χ1n) is 12.1. The summed E-state index contributed by atoms with van der Waals surface area (Å²) in [6, 6.07) is 13.8. The molecule has 0 bridgehead atoms. The van der Waals surface area contributed by atoms with E-state index in [9.17, 15) is 9.59 Å². The number of aromatic amines is 1. The van der Waals surface area contributed by atoms with Crippen molar-refractivity contribution < 1.29 is 9.53 Å². The van der Waals surface area contributed by atoms with Crippen molar-refractivity contribution in [2.24, 2.45) is 0 Å². The van der Waals surface area contributed by atoms with Crippen LogP contribution in [-0.4, -0.2) is 52.9 Å². The van der Waals surface area contributed by atoms with Gasteiger partial charge >= 0.3 is 6.09 Å². The molecule has 0 unspecified atom stereocenters. The Morgan fingerprint density at radius 1 is 1.15 bits per heavy atom. The molecule has 12 nitrogen and oxygen atoms in total. The third-order valence-electron chi connectivity index (χ3n) is 6.62. The van der Waals surface area contributed by atoms with E-state index in [0.717, 1.165) is 17.0 Å². The lowest BCUT2D eigenvalue weighted by Crippen LogP contribution is -2.25. The fraction of sp³-hybridized carbons (Fsp3) is 0.192. The normalized spacial score (nSPS) is 14.3. The number of H-pyrrole nitrogens is 1. The number of nitrogens with zero attached hydrogens (tertiary/aromatic N) is 7. The number of fused-ring (bicyclic) bond motifs is 1. The molecular formula is C26H22ClN9O3. The van der Waals surface area contributed by atoms with Crippen LogP contribution in [0.4, 0.5) is 10.5 Å². The minimum atomic E-state index is -0.537. The minimum absolute atomic E-state index is 0.186. The maximum Gasteiger partial charge on any atom is 0.411 e. The minimum Gasteiger partial charge on any atom is -0.453 e. The van der Waals surface area contributed by atoms with Crippen molar-refractivity contribution in [2.45, 2.75) is 25.8 Å². The van der Waals surface area contributed by atoms with Crippen LogP contribution in [0.1, 0.15) is 29.8 Å². The van der Waals surface area contributed by atoms with Crippen molar-refractivity contribution in [1.82, 2.24) is 39.7 Å². The van der Waals surface area contributed by atoms with E-state index in [0.29, 0.717) is 52.1 Å². The van der Waals surface area contributed by atoms with E-state index in [1.807, 2.05) is 19.1 Å². The zero-order valence-corrected chi connectivity index (χ0v) is 21.7. The maximum atomic E-state index is 13.4. The molecule has 2 N–H and O–H groups in total. The number of aromatic nitrogens is 8. The summed E-state index contributed by atoms with van der Waals surface area (Å²) in [7, 11) is 1.31. The summed E-state index contributed by atoms with van der Waals surface area (Å²) in [6.07, 6.45) is 2.22. The van der Waals surface area contributed by atoms with Gasteiger partial charge in [0, 0.05) is 40.0 Å². The third-order valence-corrected chi connectivity index (χ3v) is 6.85. The van der Waals surface area contributed by atoms with Crippen molar-refractivity contribution in [3.8, 4) is 28.2 Å². The summed E-state index contributed by atoms with van der Waals surface area (Å²) >= 11 is 6.29. The van der Waals surface area contributed by atoms with Gasteiger partial charge in [0.15, 0.2) is 0 Å². The number of aryl methyl sites for hydroxylation is 2. The molecule has 196 valence electrons. The molecule has 0 saturated heterocycles. The Morgan fingerprint density at radius 3 is 2.72 bits per heavy atom. The number of imidazole rings is 1. The number of hydrogen-bond donors (Lipinski definition) is 2. The number of carbonyl (C=O) groups excluding carboxylic acids is 1. The fourth-order valence-corrected chi connectivity index (χ4v) is 5.00. The lowest BCUT2D eigenvalue weighted by atomic mass is 10.1. The first-order valence-corrected chi connectivity index (χ1v) is 12.5. The molecule has 1 aliphatic rings. The van der Waals surface area contributed by atoms with Gasteiger partial charge in [-0.25, -0.2) is 14.8 Å². The van der Waals surface area contributed by atoms with Gasteiger partial charge in [-0.15, -0.1) is 5.10 Å². The third kappa shape index (κ3) is 4.55. The zero-order valence-electron chi connectivity index (χ0n) is 20.9. The number of nitrogens with one attached hydrogen (secondary N) is 2. The first kappa shape index (κ1) is 24.5. The number of methoxy groups -OCH3 is 1. The second-order valence-electron chi connectivity index (χ2n) is 9.03. The van der Waals surface area contributed by atoms with Gasteiger partial charge in [0.2, 0.25) is 0 Å². The Morgan fingerprint density at radius 2 is 1.97 bits per heavy atom. The predicted molar refractivity (Wildman–Crippen MR) is 143 cm³/mol. The highest BCUT2D eigenvalue weighted by Gasteiger charge is 2.30. The quantitative estimate of drug-likeness (QED) is 0.339. The summed E-state index contributed by atoms with van der Waals surface area (Å²) in [6.45, 7) is 1.94. The molecule has 1 aliphatic heterocycles. The Labute approximate surface area is 226 Å². The topological polar surface area (TPSA) is 146 Å². The summed E-state index contributed by atoms with van der Waals surface area (Å²) in [5.74, 6) is 1.35. The lowest BCUT2D eigenvalue weighted by Gasteiger charge is -2.14. The largest absolute Gasteiger partial charge is 0.453 e. The molecule has 13 heteroatoms.